The van der Waals surface area contributed by atoms with Crippen LogP contribution in [0.25, 0.3) is 0 Å². The van der Waals surface area contributed by atoms with E-state index in [1.54, 1.807) is 0 Å². The summed E-state index contributed by atoms with van der Waals surface area (Å²) in [5, 5.41) is 10.0. The van der Waals surface area contributed by atoms with E-state index >= 15 is 0 Å². The van der Waals surface area contributed by atoms with E-state index in [-0.39, 0.29) is 6.10 Å². The number of hydrogen-bond donors (Lipinski definition) is 1. The monoisotopic (exact) mass is 196 g/mol. The van der Waals surface area contributed by atoms with E-state index in [1.807, 2.05) is 0 Å². The maximum Gasteiger partial charge on any atom is 0.0571 e. The minimum atomic E-state index is 0.0269. The van der Waals surface area contributed by atoms with Crippen LogP contribution in [-0.2, 0) is 0 Å². The van der Waals surface area contributed by atoms with Crippen molar-refractivity contribution in [2.24, 2.45) is 17.8 Å². The lowest BCUT2D eigenvalue weighted by Crippen LogP contribution is -2.33. The van der Waals surface area contributed by atoms with Gasteiger partial charge in [0.1, 0.15) is 0 Å². The first kappa shape index (κ1) is 10.5. The topological polar surface area (TPSA) is 20.2 Å². The van der Waals surface area contributed by atoms with Crippen molar-refractivity contribution < 1.29 is 5.11 Å². The van der Waals surface area contributed by atoms with Gasteiger partial charge in [-0.25, -0.2) is 0 Å². The zero-order valence-electron chi connectivity index (χ0n) is 9.41. The van der Waals surface area contributed by atoms with Crippen LogP contribution in [-0.4, -0.2) is 11.2 Å². The van der Waals surface area contributed by atoms with Crippen molar-refractivity contribution in [3.05, 3.63) is 0 Å². The molecule has 2 aliphatic carbocycles. The van der Waals surface area contributed by atoms with E-state index in [0.29, 0.717) is 5.92 Å². The molecule has 0 bridgehead atoms. The molecule has 2 aliphatic rings. The second kappa shape index (κ2) is 4.65. The van der Waals surface area contributed by atoms with Gasteiger partial charge < -0.3 is 5.11 Å². The van der Waals surface area contributed by atoms with E-state index in [2.05, 4.69) is 6.92 Å². The summed E-state index contributed by atoms with van der Waals surface area (Å²) in [6.07, 6.45) is 10.6. The van der Waals surface area contributed by atoms with E-state index in [4.69, 9.17) is 0 Å². The van der Waals surface area contributed by atoms with Crippen molar-refractivity contribution in [3.8, 4) is 0 Å². The van der Waals surface area contributed by atoms with Crippen molar-refractivity contribution in [1.82, 2.24) is 0 Å². The maximum absolute atomic E-state index is 10.0. The highest BCUT2D eigenvalue weighted by Gasteiger charge is 2.32. The van der Waals surface area contributed by atoms with Gasteiger partial charge in [0, 0.05) is 0 Å². The number of aliphatic hydroxyl groups excluding tert-OH is 1. The lowest BCUT2D eigenvalue weighted by Gasteiger charge is -2.38. The molecule has 4 atom stereocenters. The third-order valence-corrected chi connectivity index (χ3v) is 4.36. The Morgan fingerprint density at radius 3 is 2.43 bits per heavy atom. The summed E-state index contributed by atoms with van der Waals surface area (Å²) in [4.78, 5) is 0. The summed E-state index contributed by atoms with van der Waals surface area (Å²) >= 11 is 0. The van der Waals surface area contributed by atoms with E-state index in [0.717, 1.165) is 18.3 Å². The van der Waals surface area contributed by atoms with Crippen LogP contribution in [0, 0.1) is 17.8 Å². The van der Waals surface area contributed by atoms with Crippen LogP contribution in [0.1, 0.15) is 58.3 Å². The molecule has 2 rings (SSSR count). The molecule has 0 radical (unpaired) electrons. The van der Waals surface area contributed by atoms with E-state index < -0.39 is 0 Å². The van der Waals surface area contributed by atoms with Gasteiger partial charge in [0.2, 0.25) is 0 Å². The van der Waals surface area contributed by atoms with Gasteiger partial charge in [-0.3, -0.25) is 0 Å². The van der Waals surface area contributed by atoms with Gasteiger partial charge in [-0.1, -0.05) is 39.0 Å². The van der Waals surface area contributed by atoms with Crippen LogP contribution in [0.2, 0.25) is 0 Å². The Bertz CT molecular complexity index is 178. The Hall–Kier alpha value is -0.0400. The fourth-order valence-electron chi connectivity index (χ4n) is 3.56. The molecule has 2 fully saturated rings. The second-order valence-corrected chi connectivity index (χ2v) is 5.55. The smallest absolute Gasteiger partial charge is 0.0571 e. The fourth-order valence-corrected chi connectivity index (χ4v) is 3.56. The highest BCUT2D eigenvalue weighted by Crippen LogP contribution is 2.40. The highest BCUT2D eigenvalue weighted by molar-refractivity contribution is 4.83. The predicted molar refractivity (Wildman–Crippen MR) is 59.1 cm³/mol. The van der Waals surface area contributed by atoms with Crippen molar-refractivity contribution in [1.29, 1.82) is 0 Å². The summed E-state index contributed by atoms with van der Waals surface area (Å²) < 4.78 is 0. The molecule has 2 saturated carbocycles. The molecule has 0 saturated heterocycles. The molecule has 0 aromatic rings. The van der Waals surface area contributed by atoms with Crippen LogP contribution in [0.4, 0.5) is 0 Å². The lowest BCUT2D eigenvalue weighted by molar-refractivity contribution is 0.0194. The van der Waals surface area contributed by atoms with Crippen LogP contribution >= 0.6 is 0 Å². The Morgan fingerprint density at radius 1 is 0.929 bits per heavy atom. The van der Waals surface area contributed by atoms with Crippen molar-refractivity contribution in [2.45, 2.75) is 64.4 Å². The molecule has 0 amide bonds. The van der Waals surface area contributed by atoms with E-state index in [9.17, 15) is 5.11 Å². The normalized spacial score (nSPS) is 45.0. The minimum Gasteiger partial charge on any atom is -0.393 e. The molecule has 1 N–H and O–H groups in total. The minimum absolute atomic E-state index is 0.0269. The van der Waals surface area contributed by atoms with Crippen molar-refractivity contribution in [3.63, 3.8) is 0 Å². The first-order chi connectivity index (χ1) is 6.77. The Labute approximate surface area is 87.9 Å². The zero-order valence-corrected chi connectivity index (χ0v) is 9.41. The molecule has 82 valence electrons. The molecule has 0 unspecified atom stereocenters. The van der Waals surface area contributed by atoms with Crippen LogP contribution < -0.4 is 0 Å². The Kier molecular flexibility index (Phi) is 3.48. The summed E-state index contributed by atoms with van der Waals surface area (Å²) in [5.74, 6) is 2.39. The molecule has 0 aromatic heterocycles. The van der Waals surface area contributed by atoms with Gasteiger partial charge in [0.25, 0.3) is 0 Å². The average molecular weight is 196 g/mol. The zero-order chi connectivity index (χ0) is 9.97. The van der Waals surface area contributed by atoms with Gasteiger partial charge in [-0.05, 0) is 37.0 Å². The third kappa shape index (κ3) is 2.31. The molecule has 0 spiro atoms. The van der Waals surface area contributed by atoms with Gasteiger partial charge in [-0.15, -0.1) is 0 Å². The number of hydrogen-bond acceptors (Lipinski definition) is 1. The summed E-state index contributed by atoms with van der Waals surface area (Å²) in [7, 11) is 0. The standard InChI is InChI=1S/C13H24O/c1-10-5-4-6-11(9-10)12-7-2-3-8-13(12)14/h10-14H,2-9H2,1H3/t10-,11+,12-,13+/m1/s1. The Balaban J connectivity index is 1.91. The van der Waals surface area contributed by atoms with Crippen molar-refractivity contribution in [2.75, 3.05) is 0 Å². The average Bonchev–Trinajstić information content (AvgIpc) is 2.18. The second-order valence-electron chi connectivity index (χ2n) is 5.55. The molecule has 0 heterocycles. The van der Waals surface area contributed by atoms with E-state index in [1.165, 1.54) is 44.9 Å². The lowest BCUT2D eigenvalue weighted by atomic mass is 9.70. The highest BCUT2D eigenvalue weighted by atomic mass is 16.3. The molecular weight excluding hydrogens is 172 g/mol. The van der Waals surface area contributed by atoms with Gasteiger partial charge in [0.15, 0.2) is 0 Å². The maximum atomic E-state index is 10.0. The third-order valence-electron chi connectivity index (χ3n) is 4.36. The van der Waals surface area contributed by atoms with Crippen molar-refractivity contribution >= 4 is 0 Å². The molecule has 1 nitrogen and oxygen atoms in total. The first-order valence-electron chi connectivity index (χ1n) is 6.45. The quantitative estimate of drug-likeness (QED) is 0.682. The van der Waals surface area contributed by atoms with Crippen LogP contribution in [0.3, 0.4) is 0 Å². The fraction of sp³-hybridized carbons (Fsp3) is 1.00. The van der Waals surface area contributed by atoms with Crippen LogP contribution in [0.5, 0.6) is 0 Å². The first-order valence-corrected chi connectivity index (χ1v) is 6.45. The van der Waals surface area contributed by atoms with Gasteiger partial charge >= 0.3 is 0 Å². The Morgan fingerprint density at radius 2 is 1.71 bits per heavy atom. The van der Waals surface area contributed by atoms with Gasteiger partial charge in [0.05, 0.1) is 6.10 Å². The molecule has 14 heavy (non-hydrogen) atoms. The summed E-state index contributed by atoms with van der Waals surface area (Å²) in [5.41, 5.74) is 0. The molecule has 0 aromatic carbocycles. The molecule has 1 heteroatoms. The predicted octanol–water partition coefficient (Wildman–Crippen LogP) is 3.36. The summed E-state index contributed by atoms with van der Waals surface area (Å²) in [6.45, 7) is 2.38. The number of aliphatic hydroxyl groups is 1. The molecular formula is C13H24O. The van der Waals surface area contributed by atoms with Gasteiger partial charge in [-0.2, -0.15) is 0 Å². The largest absolute Gasteiger partial charge is 0.393 e. The summed E-state index contributed by atoms with van der Waals surface area (Å²) in [6, 6.07) is 0. The molecule has 0 aliphatic heterocycles. The SMILES string of the molecule is C[C@@H]1CCC[C@H]([C@H]2CCCC[C@@H]2O)C1. The van der Waals surface area contributed by atoms with Crippen LogP contribution in [0.15, 0.2) is 0 Å². The number of rotatable bonds is 1.